The van der Waals surface area contributed by atoms with E-state index < -0.39 is 0 Å². The minimum Gasteiger partial charge on any atom is -0.310 e. The van der Waals surface area contributed by atoms with Gasteiger partial charge < -0.3 is 4.90 Å². The number of nitrogens with zero attached hydrogens (tertiary/aromatic N) is 1. The van der Waals surface area contributed by atoms with E-state index in [1.807, 2.05) is 11.3 Å². The van der Waals surface area contributed by atoms with Gasteiger partial charge in [0.15, 0.2) is 0 Å². The Balaban J connectivity index is 1.10. The highest BCUT2D eigenvalue weighted by molar-refractivity contribution is 7.25. The van der Waals surface area contributed by atoms with Crippen LogP contribution >= 0.6 is 11.3 Å². The smallest absolute Gasteiger partial charge is 0.0512 e. The number of thiophene rings is 1. The van der Waals surface area contributed by atoms with E-state index in [0.29, 0.717) is 0 Å². The monoisotopic (exact) mass is 729 g/mol. The molecule has 0 fully saturated rings. The maximum absolute atomic E-state index is 2.55. The molecular formula is C54H35NS. The first-order valence-corrected chi connectivity index (χ1v) is 20.2. The second kappa shape index (κ2) is 11.9. The second-order valence-corrected chi connectivity index (χ2v) is 16.5. The van der Waals surface area contributed by atoms with Crippen LogP contribution in [0.25, 0.3) is 75.5 Å². The number of hydrogen-bond acceptors (Lipinski definition) is 2. The number of rotatable bonds is 4. The van der Waals surface area contributed by atoms with Crippen LogP contribution in [0.1, 0.15) is 23.6 Å². The largest absolute Gasteiger partial charge is 0.310 e. The van der Waals surface area contributed by atoms with E-state index in [1.165, 1.54) is 109 Å². The summed E-state index contributed by atoms with van der Waals surface area (Å²) in [5, 5.41) is 5.12. The van der Waals surface area contributed by atoms with Gasteiger partial charge in [-0.15, -0.1) is 11.3 Å². The number of fused-ring (bicyclic) bond motifs is 9. The zero-order valence-corrected chi connectivity index (χ0v) is 31.6. The SMILES string of the molecule is CC12c3cc(-c4ccccc4)ccc3-c3cccc(c31)N(c1ccc3c(c1)sc1cc(-c4ccccc4)ccc13)c1cc3cc(-c4ccccc4)ccc3cc12. The maximum atomic E-state index is 2.55. The third kappa shape index (κ3) is 4.54. The van der Waals surface area contributed by atoms with Gasteiger partial charge in [0.25, 0.3) is 0 Å². The van der Waals surface area contributed by atoms with Crippen LogP contribution in [0.4, 0.5) is 17.1 Å². The highest BCUT2D eigenvalue weighted by atomic mass is 32.1. The number of hydrogen-bond donors (Lipinski definition) is 0. The van der Waals surface area contributed by atoms with Crippen LogP contribution in [-0.4, -0.2) is 0 Å². The summed E-state index contributed by atoms with van der Waals surface area (Å²) in [5.74, 6) is 0. The molecule has 0 spiro atoms. The van der Waals surface area contributed by atoms with E-state index in [9.17, 15) is 0 Å². The molecule has 0 N–H and O–H groups in total. The van der Waals surface area contributed by atoms with Gasteiger partial charge in [-0.05, 0) is 127 Å². The van der Waals surface area contributed by atoms with Crippen molar-refractivity contribution in [1.82, 2.24) is 0 Å². The molecule has 1 aliphatic carbocycles. The quantitative estimate of drug-likeness (QED) is 0.174. The molecule has 1 nitrogen and oxygen atoms in total. The van der Waals surface area contributed by atoms with Gasteiger partial charge in [0.05, 0.1) is 11.4 Å². The zero-order chi connectivity index (χ0) is 37.0. The molecule has 2 aliphatic rings. The second-order valence-electron chi connectivity index (χ2n) is 15.4. The van der Waals surface area contributed by atoms with Crippen LogP contribution < -0.4 is 4.90 Å². The minimum atomic E-state index is -0.347. The molecule has 262 valence electrons. The fourth-order valence-corrected chi connectivity index (χ4v) is 10.9. The van der Waals surface area contributed by atoms with E-state index in [0.717, 1.165) is 0 Å². The first kappa shape index (κ1) is 31.6. The third-order valence-electron chi connectivity index (χ3n) is 12.4. The van der Waals surface area contributed by atoms with Crippen molar-refractivity contribution in [3.05, 3.63) is 211 Å². The molecule has 56 heavy (non-hydrogen) atoms. The number of benzene rings is 9. The molecule has 2 heteroatoms. The average Bonchev–Trinajstić information content (AvgIpc) is 3.76. The van der Waals surface area contributed by atoms with Crippen LogP contribution in [0, 0.1) is 0 Å². The molecule has 0 amide bonds. The third-order valence-corrected chi connectivity index (χ3v) is 13.5. The van der Waals surface area contributed by atoms with Crippen molar-refractivity contribution in [2.24, 2.45) is 0 Å². The van der Waals surface area contributed by atoms with Crippen LogP contribution in [0.2, 0.25) is 0 Å². The zero-order valence-electron chi connectivity index (χ0n) is 30.8. The lowest BCUT2D eigenvalue weighted by Gasteiger charge is -2.42. The summed E-state index contributed by atoms with van der Waals surface area (Å²) in [6, 6.07) is 72.2. The van der Waals surface area contributed by atoms with Gasteiger partial charge in [-0.25, -0.2) is 0 Å². The first-order chi connectivity index (χ1) is 27.6. The Kier molecular flexibility index (Phi) is 6.70. The molecule has 0 bridgehead atoms. The standard InChI is InChI=1S/C54H35NS/c1-54-47-29-38(35-14-7-3-8-15-35)22-25-43(47)46-18-11-19-49(53(46)54)55(50-31-41-28-37(34-12-5-2-6-13-34)20-21-39(41)30-48(50)54)42-24-27-45-44-26-23-40(36-16-9-4-10-17-36)32-51(44)56-52(45)33-42/h2-33H,1H3. The number of anilines is 3. The molecule has 9 aromatic carbocycles. The first-order valence-electron chi connectivity index (χ1n) is 19.4. The van der Waals surface area contributed by atoms with E-state index in [2.05, 4.69) is 206 Å². The fraction of sp³-hybridized carbons (Fsp3) is 0.0370. The highest BCUT2D eigenvalue weighted by Crippen LogP contribution is 2.63. The van der Waals surface area contributed by atoms with Gasteiger partial charge in [0, 0.05) is 31.3 Å². The van der Waals surface area contributed by atoms with E-state index in [1.54, 1.807) is 0 Å². The van der Waals surface area contributed by atoms with Gasteiger partial charge in [-0.1, -0.05) is 146 Å². The molecule has 1 aliphatic heterocycles. The Morgan fingerprint density at radius 2 is 1.00 bits per heavy atom. The predicted octanol–water partition coefficient (Wildman–Crippen LogP) is 15.3. The van der Waals surface area contributed by atoms with Crippen molar-refractivity contribution in [1.29, 1.82) is 0 Å². The van der Waals surface area contributed by atoms with Gasteiger partial charge >= 0.3 is 0 Å². The molecule has 2 heterocycles. The Labute approximate surface area is 330 Å². The topological polar surface area (TPSA) is 3.24 Å². The molecule has 0 saturated heterocycles. The predicted molar refractivity (Wildman–Crippen MR) is 239 cm³/mol. The summed E-state index contributed by atoms with van der Waals surface area (Å²) >= 11 is 1.89. The van der Waals surface area contributed by atoms with Crippen molar-refractivity contribution in [2.75, 3.05) is 4.90 Å². The van der Waals surface area contributed by atoms with Crippen molar-refractivity contribution in [2.45, 2.75) is 12.3 Å². The van der Waals surface area contributed by atoms with Crippen LogP contribution in [0.5, 0.6) is 0 Å². The Morgan fingerprint density at radius 1 is 0.393 bits per heavy atom. The van der Waals surface area contributed by atoms with Crippen molar-refractivity contribution in [3.8, 4) is 44.5 Å². The molecule has 1 aromatic heterocycles. The van der Waals surface area contributed by atoms with Crippen molar-refractivity contribution in [3.63, 3.8) is 0 Å². The lowest BCUT2D eigenvalue weighted by Crippen LogP contribution is -2.32. The molecular weight excluding hydrogens is 695 g/mol. The van der Waals surface area contributed by atoms with E-state index >= 15 is 0 Å². The summed E-state index contributed by atoms with van der Waals surface area (Å²) < 4.78 is 2.61. The molecule has 0 saturated carbocycles. The summed E-state index contributed by atoms with van der Waals surface area (Å²) in [5.41, 5.74) is 17.5. The minimum absolute atomic E-state index is 0.347. The highest BCUT2D eigenvalue weighted by Gasteiger charge is 2.48. The summed E-state index contributed by atoms with van der Waals surface area (Å²) in [6.07, 6.45) is 0. The van der Waals surface area contributed by atoms with Crippen LogP contribution in [0.15, 0.2) is 194 Å². The molecule has 12 rings (SSSR count). The Hall–Kier alpha value is -6.74. The van der Waals surface area contributed by atoms with Crippen LogP contribution in [-0.2, 0) is 5.41 Å². The summed E-state index contributed by atoms with van der Waals surface area (Å²) in [6.45, 7) is 2.47. The molecule has 0 radical (unpaired) electrons. The van der Waals surface area contributed by atoms with Crippen molar-refractivity contribution >= 4 is 59.3 Å². The van der Waals surface area contributed by atoms with Gasteiger partial charge in [0.1, 0.15) is 0 Å². The summed E-state index contributed by atoms with van der Waals surface area (Å²) in [4.78, 5) is 2.55. The van der Waals surface area contributed by atoms with Gasteiger partial charge in [0.2, 0.25) is 0 Å². The van der Waals surface area contributed by atoms with E-state index in [-0.39, 0.29) is 5.41 Å². The normalized spacial score (nSPS) is 15.3. The van der Waals surface area contributed by atoms with Crippen LogP contribution in [0.3, 0.4) is 0 Å². The summed E-state index contributed by atoms with van der Waals surface area (Å²) in [7, 11) is 0. The van der Waals surface area contributed by atoms with Gasteiger partial charge in [-0.3, -0.25) is 0 Å². The van der Waals surface area contributed by atoms with Gasteiger partial charge in [-0.2, -0.15) is 0 Å². The lowest BCUT2D eigenvalue weighted by atomic mass is 9.69. The Bertz CT molecular complexity index is 3200. The Morgan fingerprint density at radius 3 is 1.71 bits per heavy atom. The lowest BCUT2D eigenvalue weighted by molar-refractivity contribution is 0.703. The average molecular weight is 730 g/mol. The maximum Gasteiger partial charge on any atom is 0.0512 e. The fourth-order valence-electron chi connectivity index (χ4n) is 9.70. The van der Waals surface area contributed by atoms with E-state index in [4.69, 9.17) is 0 Å². The molecule has 1 unspecified atom stereocenters. The van der Waals surface area contributed by atoms with Crippen molar-refractivity contribution < 1.29 is 0 Å². The molecule has 10 aromatic rings. The molecule has 1 atom stereocenters.